The predicted octanol–water partition coefficient (Wildman–Crippen LogP) is 3.44. The predicted molar refractivity (Wildman–Crippen MR) is 103 cm³/mol. The van der Waals surface area contributed by atoms with Crippen molar-refractivity contribution >= 4 is 35.6 Å². The zero-order valence-electron chi connectivity index (χ0n) is 13.1. The summed E-state index contributed by atoms with van der Waals surface area (Å²) in [5.74, 6) is 0.960. The Hall–Kier alpha value is -1.57. The van der Waals surface area contributed by atoms with Crippen molar-refractivity contribution in [3.8, 4) is 0 Å². The molecule has 1 heterocycles. The molecule has 2 rings (SSSR count). The van der Waals surface area contributed by atoms with Crippen LogP contribution in [0.2, 0.25) is 0 Å². The second kappa shape index (κ2) is 9.45. The lowest BCUT2D eigenvalue weighted by Gasteiger charge is -2.10. The van der Waals surface area contributed by atoms with Gasteiger partial charge >= 0.3 is 0 Å². The van der Waals surface area contributed by atoms with Crippen LogP contribution in [0.15, 0.2) is 48.0 Å². The third kappa shape index (κ3) is 6.05. The summed E-state index contributed by atoms with van der Waals surface area (Å²) < 4.78 is 2.03. The highest BCUT2D eigenvalue weighted by molar-refractivity contribution is 14.0. The molecule has 3 N–H and O–H groups in total. The van der Waals surface area contributed by atoms with Gasteiger partial charge in [0.1, 0.15) is 0 Å². The third-order valence-corrected chi connectivity index (χ3v) is 3.24. The minimum atomic E-state index is 0. The van der Waals surface area contributed by atoms with Crippen LogP contribution in [0.3, 0.4) is 0 Å². The van der Waals surface area contributed by atoms with E-state index in [4.69, 9.17) is 5.73 Å². The molecule has 120 valence electrons. The average molecular weight is 413 g/mol. The van der Waals surface area contributed by atoms with E-state index < -0.39 is 0 Å². The van der Waals surface area contributed by atoms with Crippen molar-refractivity contribution in [1.82, 2.24) is 9.55 Å². The van der Waals surface area contributed by atoms with Gasteiger partial charge in [-0.15, -0.1) is 24.0 Å². The largest absolute Gasteiger partial charge is 0.370 e. The number of aromatic nitrogens is 2. The summed E-state index contributed by atoms with van der Waals surface area (Å²) in [6.45, 7) is 5.94. The number of nitrogens with two attached hydrogens (primary N) is 1. The monoisotopic (exact) mass is 413 g/mol. The van der Waals surface area contributed by atoms with Crippen LogP contribution in [0.25, 0.3) is 0 Å². The molecule has 0 radical (unpaired) electrons. The third-order valence-electron chi connectivity index (χ3n) is 3.24. The summed E-state index contributed by atoms with van der Waals surface area (Å²) in [5.41, 5.74) is 8.18. The van der Waals surface area contributed by atoms with E-state index in [1.807, 2.05) is 29.2 Å². The Bertz CT molecular complexity index is 578. The maximum absolute atomic E-state index is 5.91. The fraction of sp³-hybridized carbons (Fsp3) is 0.375. The Morgan fingerprint density at radius 2 is 2.23 bits per heavy atom. The normalized spacial score (nSPS) is 11.3. The quantitative estimate of drug-likeness (QED) is 0.330. The lowest BCUT2D eigenvalue weighted by molar-refractivity contribution is 0.650. The molecule has 0 saturated heterocycles. The van der Waals surface area contributed by atoms with Crippen molar-refractivity contribution < 1.29 is 0 Å². The number of imidazole rings is 1. The van der Waals surface area contributed by atoms with Crippen LogP contribution in [-0.2, 0) is 6.54 Å². The number of rotatable bonds is 6. The van der Waals surface area contributed by atoms with Crippen molar-refractivity contribution in [3.05, 3.63) is 48.5 Å². The fourth-order valence-electron chi connectivity index (χ4n) is 2.03. The van der Waals surface area contributed by atoms with Gasteiger partial charge in [-0.25, -0.2) is 4.98 Å². The number of guanidine groups is 1. The Morgan fingerprint density at radius 1 is 1.41 bits per heavy atom. The second-order valence-corrected chi connectivity index (χ2v) is 5.33. The molecule has 0 aliphatic rings. The first kappa shape index (κ1) is 18.5. The molecule has 1 aromatic heterocycles. The highest BCUT2D eigenvalue weighted by atomic mass is 127. The number of hydrogen-bond acceptors (Lipinski definition) is 2. The van der Waals surface area contributed by atoms with E-state index in [1.54, 1.807) is 6.20 Å². The number of aryl methyl sites for hydroxylation is 1. The van der Waals surface area contributed by atoms with Crippen LogP contribution in [0.5, 0.6) is 0 Å². The molecule has 0 fully saturated rings. The first-order valence-electron chi connectivity index (χ1n) is 7.28. The highest BCUT2D eigenvalue weighted by Crippen LogP contribution is 2.18. The van der Waals surface area contributed by atoms with Crippen molar-refractivity contribution in [1.29, 1.82) is 0 Å². The molecule has 6 heteroatoms. The zero-order chi connectivity index (χ0) is 15.1. The Kier molecular flexibility index (Phi) is 7.94. The van der Waals surface area contributed by atoms with Crippen LogP contribution in [0.4, 0.5) is 5.69 Å². The average Bonchev–Trinajstić information content (AvgIpc) is 2.97. The Balaban J connectivity index is 0.00000242. The van der Waals surface area contributed by atoms with Gasteiger partial charge in [-0.05, 0) is 30.0 Å². The molecule has 0 spiro atoms. The summed E-state index contributed by atoms with van der Waals surface area (Å²) in [5, 5.41) is 3.14. The van der Waals surface area contributed by atoms with Crippen LogP contribution in [-0.4, -0.2) is 22.1 Å². The SMILES string of the molecule is CC(C)c1cccc(NC(N)=NCCCn2ccnc2)c1.I. The van der Waals surface area contributed by atoms with E-state index in [2.05, 4.69) is 41.3 Å². The second-order valence-electron chi connectivity index (χ2n) is 5.33. The van der Waals surface area contributed by atoms with Crippen molar-refractivity contribution in [2.45, 2.75) is 32.7 Å². The molecular formula is C16H24IN5. The lowest BCUT2D eigenvalue weighted by Crippen LogP contribution is -2.23. The Labute approximate surface area is 149 Å². The summed E-state index contributed by atoms with van der Waals surface area (Å²) >= 11 is 0. The summed E-state index contributed by atoms with van der Waals surface area (Å²) in [7, 11) is 0. The topological polar surface area (TPSA) is 68.2 Å². The van der Waals surface area contributed by atoms with Crippen LogP contribution < -0.4 is 11.1 Å². The maximum atomic E-state index is 5.91. The lowest BCUT2D eigenvalue weighted by atomic mass is 10.0. The minimum absolute atomic E-state index is 0. The van der Waals surface area contributed by atoms with Gasteiger partial charge in [-0.1, -0.05) is 26.0 Å². The van der Waals surface area contributed by atoms with Gasteiger partial charge in [-0.3, -0.25) is 4.99 Å². The Morgan fingerprint density at radius 3 is 2.91 bits per heavy atom. The first-order valence-corrected chi connectivity index (χ1v) is 7.28. The molecule has 0 unspecified atom stereocenters. The van der Waals surface area contributed by atoms with Crippen molar-refractivity contribution in [2.24, 2.45) is 10.7 Å². The van der Waals surface area contributed by atoms with Gasteiger partial charge in [0.25, 0.3) is 0 Å². The number of benzene rings is 1. The summed E-state index contributed by atoms with van der Waals surface area (Å²) in [6.07, 6.45) is 6.47. The van der Waals surface area contributed by atoms with E-state index >= 15 is 0 Å². The number of nitrogens with zero attached hydrogens (tertiary/aromatic N) is 3. The number of nitrogens with one attached hydrogen (secondary N) is 1. The molecule has 22 heavy (non-hydrogen) atoms. The summed E-state index contributed by atoms with van der Waals surface area (Å²) in [4.78, 5) is 8.35. The van der Waals surface area contributed by atoms with E-state index in [0.717, 1.165) is 18.7 Å². The fourth-order valence-corrected chi connectivity index (χ4v) is 2.03. The molecule has 0 aliphatic heterocycles. The molecule has 0 atom stereocenters. The molecule has 5 nitrogen and oxygen atoms in total. The number of anilines is 1. The summed E-state index contributed by atoms with van der Waals surface area (Å²) in [6, 6.07) is 8.26. The molecule has 1 aromatic carbocycles. The van der Waals surface area contributed by atoms with E-state index in [-0.39, 0.29) is 24.0 Å². The number of hydrogen-bond donors (Lipinski definition) is 2. The zero-order valence-corrected chi connectivity index (χ0v) is 15.4. The van der Waals surface area contributed by atoms with Gasteiger partial charge in [-0.2, -0.15) is 0 Å². The maximum Gasteiger partial charge on any atom is 0.193 e. The van der Waals surface area contributed by atoms with E-state index in [1.165, 1.54) is 5.56 Å². The van der Waals surface area contributed by atoms with Crippen LogP contribution >= 0.6 is 24.0 Å². The van der Waals surface area contributed by atoms with Crippen LogP contribution in [0, 0.1) is 0 Å². The van der Waals surface area contributed by atoms with Gasteiger partial charge in [0.2, 0.25) is 0 Å². The smallest absolute Gasteiger partial charge is 0.193 e. The number of aliphatic imine (C=N–C) groups is 1. The standard InChI is InChI=1S/C16H23N5.HI/c1-13(2)14-5-3-6-15(11-14)20-16(17)19-7-4-9-21-10-8-18-12-21;/h3,5-6,8,10-13H,4,7,9H2,1-2H3,(H3,17,19,20);1H. The van der Waals surface area contributed by atoms with Gasteiger partial charge in [0, 0.05) is 31.2 Å². The first-order chi connectivity index (χ1) is 10.1. The molecule has 0 aliphatic carbocycles. The number of halogens is 1. The van der Waals surface area contributed by atoms with Gasteiger partial charge in [0.05, 0.1) is 6.33 Å². The van der Waals surface area contributed by atoms with Crippen molar-refractivity contribution in [2.75, 3.05) is 11.9 Å². The molecule has 0 saturated carbocycles. The molecule has 0 amide bonds. The highest BCUT2D eigenvalue weighted by Gasteiger charge is 2.01. The van der Waals surface area contributed by atoms with Gasteiger partial charge in [0.15, 0.2) is 5.96 Å². The van der Waals surface area contributed by atoms with E-state index in [0.29, 0.717) is 18.4 Å². The molecular weight excluding hydrogens is 389 g/mol. The van der Waals surface area contributed by atoms with Gasteiger partial charge < -0.3 is 15.6 Å². The van der Waals surface area contributed by atoms with E-state index in [9.17, 15) is 0 Å². The molecule has 2 aromatic rings. The minimum Gasteiger partial charge on any atom is -0.370 e. The van der Waals surface area contributed by atoms with Crippen molar-refractivity contribution in [3.63, 3.8) is 0 Å². The van der Waals surface area contributed by atoms with Crippen LogP contribution in [0.1, 0.15) is 31.7 Å². The molecule has 0 bridgehead atoms.